The molecule has 0 radical (unpaired) electrons. The number of likely N-dealkylation sites (tertiary alicyclic amines) is 1. The molecule has 0 aromatic heterocycles. The molecule has 3 atom stereocenters. The minimum Gasteiger partial charge on any atom is -0.508 e. The first-order valence-corrected chi connectivity index (χ1v) is 13.3. The molecule has 1 saturated heterocycles. The van der Waals surface area contributed by atoms with Gasteiger partial charge in [0.15, 0.2) is 6.10 Å². The van der Waals surface area contributed by atoms with Crippen LogP contribution < -0.4 is 10.6 Å². The van der Waals surface area contributed by atoms with Crippen molar-refractivity contribution >= 4 is 17.7 Å². The number of rotatable bonds is 9. The third-order valence-electron chi connectivity index (χ3n) is 7.37. The van der Waals surface area contributed by atoms with Crippen LogP contribution in [0.25, 0.3) is 0 Å². The Bertz CT molecular complexity index is 1420. The number of carbonyl (C=O) groups is 3. The number of phenols is 1. The molecular weight excluding hydrogens is 544 g/mol. The van der Waals surface area contributed by atoms with Gasteiger partial charge in [0.2, 0.25) is 5.91 Å². The smallest absolute Gasteiger partial charge is 0.267 e. The molecule has 42 heavy (non-hydrogen) atoms. The molecule has 0 spiro atoms. The van der Waals surface area contributed by atoms with Gasteiger partial charge in [-0.3, -0.25) is 14.4 Å². The summed E-state index contributed by atoms with van der Waals surface area (Å²) in [6.07, 6.45) is -2.81. The van der Waals surface area contributed by atoms with Crippen molar-refractivity contribution in [3.8, 4) is 5.75 Å². The van der Waals surface area contributed by atoms with Crippen LogP contribution in [0.15, 0.2) is 72.8 Å². The molecule has 3 amide bonds. The normalized spacial score (nSPS) is 17.1. The van der Waals surface area contributed by atoms with E-state index in [1.165, 1.54) is 18.2 Å². The molecule has 224 valence electrons. The van der Waals surface area contributed by atoms with Gasteiger partial charge in [-0.05, 0) is 49.1 Å². The van der Waals surface area contributed by atoms with Crippen LogP contribution in [0.1, 0.15) is 46.5 Å². The van der Waals surface area contributed by atoms with E-state index in [1.807, 2.05) is 19.1 Å². The SMILES string of the molecule is C.Cc1ccccc1CNC(=O)[C@@H]1CC(F)(F)CN1C(=O)[C@@H](O)[C@H](Cc1ccccc1)NC(=O)c1cccc(O)c1C. The molecule has 8 nitrogen and oxygen atoms in total. The molecule has 1 aliphatic rings. The van der Waals surface area contributed by atoms with Crippen LogP contribution in [0.4, 0.5) is 8.78 Å². The average Bonchev–Trinajstić information content (AvgIpc) is 3.28. The molecule has 0 unspecified atom stereocenters. The minimum absolute atomic E-state index is 0. The van der Waals surface area contributed by atoms with Crippen molar-refractivity contribution < 1.29 is 33.4 Å². The maximum atomic E-state index is 14.6. The number of carbonyl (C=O) groups excluding carboxylic acids is 3. The summed E-state index contributed by atoms with van der Waals surface area (Å²) >= 11 is 0. The summed E-state index contributed by atoms with van der Waals surface area (Å²) in [5.41, 5.74) is 2.82. The highest BCUT2D eigenvalue weighted by Crippen LogP contribution is 2.33. The number of phenolic OH excluding ortho intramolecular Hbond substituents is 1. The largest absolute Gasteiger partial charge is 0.508 e. The Morgan fingerprint density at radius 1 is 1.00 bits per heavy atom. The number of aliphatic hydroxyl groups is 1. The topological polar surface area (TPSA) is 119 Å². The van der Waals surface area contributed by atoms with E-state index in [0.717, 1.165) is 11.1 Å². The lowest BCUT2D eigenvalue weighted by atomic mass is 9.98. The number of halogens is 2. The van der Waals surface area contributed by atoms with Gasteiger partial charge >= 0.3 is 0 Å². The molecular formula is C32H37F2N3O5. The predicted molar refractivity (Wildman–Crippen MR) is 155 cm³/mol. The van der Waals surface area contributed by atoms with Crippen LogP contribution in [0.3, 0.4) is 0 Å². The van der Waals surface area contributed by atoms with Crippen LogP contribution in [0.5, 0.6) is 5.75 Å². The van der Waals surface area contributed by atoms with E-state index in [2.05, 4.69) is 10.6 Å². The number of aromatic hydroxyl groups is 1. The molecule has 0 aliphatic carbocycles. The molecule has 3 aromatic carbocycles. The summed E-state index contributed by atoms with van der Waals surface area (Å²) < 4.78 is 29.1. The number of aryl methyl sites for hydroxylation is 1. The van der Waals surface area contributed by atoms with Gasteiger partial charge < -0.3 is 25.7 Å². The van der Waals surface area contributed by atoms with Gasteiger partial charge in [0.05, 0.1) is 12.6 Å². The van der Waals surface area contributed by atoms with Crippen LogP contribution >= 0.6 is 0 Å². The number of amides is 3. The standard InChI is InChI=1S/C31H33F2N3O5.CH4/c1-19-9-6-7-12-22(19)17-34-29(40)25-16-31(32,33)18-36(25)30(41)27(38)24(15-21-10-4-3-5-11-21)35-28(39)23-13-8-14-26(37)20(23)2;/h3-14,24-25,27,37-38H,15-18H2,1-2H3,(H,34,40)(H,35,39);1H4/t24-,25-,27-;/m0./s1. The lowest BCUT2D eigenvalue weighted by Gasteiger charge is -2.30. The minimum atomic E-state index is -3.34. The first-order valence-electron chi connectivity index (χ1n) is 13.3. The van der Waals surface area contributed by atoms with Gasteiger partial charge in [-0.15, -0.1) is 0 Å². The number of nitrogens with zero attached hydrogens (tertiary/aromatic N) is 1. The molecule has 10 heteroatoms. The van der Waals surface area contributed by atoms with Gasteiger partial charge in [-0.2, -0.15) is 0 Å². The first kappa shape index (κ1) is 32.2. The Kier molecular flexibility index (Phi) is 10.4. The van der Waals surface area contributed by atoms with Gasteiger partial charge in [-0.1, -0.05) is 68.1 Å². The second-order valence-electron chi connectivity index (χ2n) is 10.4. The summed E-state index contributed by atoms with van der Waals surface area (Å²) in [5, 5.41) is 26.5. The quantitative estimate of drug-likeness (QED) is 0.306. The van der Waals surface area contributed by atoms with E-state index in [9.17, 15) is 33.4 Å². The Hall–Kier alpha value is -4.31. The van der Waals surface area contributed by atoms with Crippen molar-refractivity contribution in [3.05, 3.63) is 101 Å². The number of nitrogens with one attached hydrogen (secondary N) is 2. The summed E-state index contributed by atoms with van der Waals surface area (Å²) in [5.74, 6) is -5.95. The summed E-state index contributed by atoms with van der Waals surface area (Å²) in [6, 6.07) is 17.7. The fourth-order valence-corrected chi connectivity index (χ4v) is 4.96. The van der Waals surface area contributed by atoms with E-state index in [-0.39, 0.29) is 31.7 Å². The van der Waals surface area contributed by atoms with Crippen LogP contribution in [0, 0.1) is 13.8 Å². The zero-order valence-corrected chi connectivity index (χ0v) is 22.8. The van der Waals surface area contributed by atoms with Gasteiger partial charge in [-0.25, -0.2) is 8.78 Å². The van der Waals surface area contributed by atoms with E-state index < -0.39 is 54.8 Å². The van der Waals surface area contributed by atoms with E-state index >= 15 is 0 Å². The third kappa shape index (κ3) is 7.50. The number of hydrogen-bond acceptors (Lipinski definition) is 5. The molecule has 3 aromatic rings. The monoisotopic (exact) mass is 581 g/mol. The molecule has 1 fully saturated rings. The maximum absolute atomic E-state index is 14.6. The number of aliphatic hydroxyl groups excluding tert-OH is 1. The van der Waals surface area contributed by atoms with Crippen molar-refractivity contribution in [3.63, 3.8) is 0 Å². The van der Waals surface area contributed by atoms with E-state index in [0.29, 0.717) is 16.0 Å². The molecule has 1 heterocycles. The zero-order valence-electron chi connectivity index (χ0n) is 22.8. The first-order chi connectivity index (χ1) is 19.5. The number of alkyl halides is 2. The lowest BCUT2D eigenvalue weighted by molar-refractivity contribution is -0.147. The third-order valence-corrected chi connectivity index (χ3v) is 7.37. The Labute approximate surface area is 244 Å². The molecule has 0 bridgehead atoms. The summed E-state index contributed by atoms with van der Waals surface area (Å²) in [4.78, 5) is 40.4. The number of hydrogen-bond donors (Lipinski definition) is 4. The molecule has 4 rings (SSSR count). The summed E-state index contributed by atoms with van der Waals surface area (Å²) in [7, 11) is 0. The second-order valence-corrected chi connectivity index (χ2v) is 10.4. The highest BCUT2D eigenvalue weighted by atomic mass is 19.3. The fraction of sp³-hybridized carbons (Fsp3) is 0.344. The van der Waals surface area contributed by atoms with Crippen LogP contribution in [-0.2, 0) is 22.6 Å². The van der Waals surface area contributed by atoms with Gasteiger partial charge in [0.25, 0.3) is 17.7 Å². The highest BCUT2D eigenvalue weighted by Gasteiger charge is 2.51. The Morgan fingerprint density at radius 2 is 1.67 bits per heavy atom. The van der Waals surface area contributed by atoms with Gasteiger partial charge in [0.1, 0.15) is 11.8 Å². The van der Waals surface area contributed by atoms with Gasteiger partial charge in [0, 0.05) is 24.1 Å². The highest BCUT2D eigenvalue weighted by molar-refractivity contribution is 5.97. The lowest BCUT2D eigenvalue weighted by Crippen LogP contribution is -2.56. The van der Waals surface area contributed by atoms with Crippen LogP contribution in [-0.4, -0.2) is 63.5 Å². The van der Waals surface area contributed by atoms with Crippen molar-refractivity contribution in [1.29, 1.82) is 0 Å². The Morgan fingerprint density at radius 3 is 2.36 bits per heavy atom. The second kappa shape index (κ2) is 13.6. The maximum Gasteiger partial charge on any atom is 0.267 e. The molecule has 4 N–H and O–H groups in total. The van der Waals surface area contributed by atoms with Crippen LogP contribution in [0.2, 0.25) is 0 Å². The van der Waals surface area contributed by atoms with E-state index in [1.54, 1.807) is 49.4 Å². The predicted octanol–water partition coefficient (Wildman–Crippen LogP) is 3.90. The summed E-state index contributed by atoms with van der Waals surface area (Å²) in [6.45, 7) is 2.46. The molecule has 0 saturated carbocycles. The van der Waals surface area contributed by atoms with Crippen molar-refractivity contribution in [2.45, 2.75) is 64.8 Å². The van der Waals surface area contributed by atoms with Crippen molar-refractivity contribution in [2.24, 2.45) is 0 Å². The Balaban J connectivity index is 0.00000484. The van der Waals surface area contributed by atoms with Crippen molar-refractivity contribution in [1.82, 2.24) is 15.5 Å². The fourth-order valence-electron chi connectivity index (χ4n) is 4.96. The zero-order chi connectivity index (χ0) is 29.7. The van der Waals surface area contributed by atoms with Crippen molar-refractivity contribution in [2.75, 3.05) is 6.54 Å². The van der Waals surface area contributed by atoms with E-state index in [4.69, 9.17) is 0 Å². The number of benzene rings is 3. The average molecular weight is 582 g/mol. The molecule has 1 aliphatic heterocycles.